The van der Waals surface area contributed by atoms with Crippen LogP contribution in [0.5, 0.6) is 0 Å². The van der Waals surface area contributed by atoms with Gasteiger partial charge in [0.05, 0.1) is 6.10 Å². The Morgan fingerprint density at radius 3 is 2.72 bits per heavy atom. The third-order valence-electron chi connectivity index (χ3n) is 3.29. The molecule has 4 heteroatoms. The summed E-state index contributed by atoms with van der Waals surface area (Å²) in [7, 11) is 0. The second-order valence-corrected chi connectivity index (χ2v) is 4.56. The van der Waals surface area contributed by atoms with Crippen molar-refractivity contribution in [2.75, 3.05) is 0 Å². The summed E-state index contributed by atoms with van der Waals surface area (Å²) in [4.78, 5) is 4.18. The molecule has 0 aliphatic heterocycles. The molecule has 0 saturated carbocycles. The van der Waals surface area contributed by atoms with Gasteiger partial charge in [0.2, 0.25) is 0 Å². The van der Waals surface area contributed by atoms with Gasteiger partial charge in [-0.1, -0.05) is 18.2 Å². The first-order valence-corrected chi connectivity index (χ1v) is 6.23. The highest BCUT2D eigenvalue weighted by molar-refractivity contribution is 5.31. The summed E-state index contributed by atoms with van der Waals surface area (Å²) in [5.41, 5.74) is 3.37. The summed E-state index contributed by atoms with van der Waals surface area (Å²) < 4.78 is 1.81. The maximum Gasteiger partial charge on any atom is 0.138 e. The number of nitrogens with zero attached hydrogens (tertiary/aromatic N) is 3. The summed E-state index contributed by atoms with van der Waals surface area (Å²) in [5, 5.41) is 14.4. The number of aliphatic hydroxyl groups is 1. The van der Waals surface area contributed by atoms with Gasteiger partial charge in [-0.3, -0.25) is 4.68 Å². The molecule has 2 aromatic rings. The van der Waals surface area contributed by atoms with Crippen LogP contribution >= 0.6 is 0 Å². The molecule has 1 N–H and O–H groups in total. The van der Waals surface area contributed by atoms with Gasteiger partial charge < -0.3 is 5.11 Å². The summed E-state index contributed by atoms with van der Waals surface area (Å²) in [6.45, 7) is 6.91. The minimum atomic E-state index is -0.529. The van der Waals surface area contributed by atoms with Crippen LogP contribution in [-0.2, 0) is 13.0 Å². The molecule has 1 unspecified atom stereocenters. The Balaban J connectivity index is 2.16. The number of aromatic nitrogens is 3. The van der Waals surface area contributed by atoms with E-state index in [-0.39, 0.29) is 0 Å². The molecular weight excluding hydrogens is 226 g/mol. The molecule has 0 amide bonds. The van der Waals surface area contributed by atoms with Crippen LogP contribution in [-0.4, -0.2) is 19.9 Å². The van der Waals surface area contributed by atoms with Gasteiger partial charge in [0.15, 0.2) is 0 Å². The topological polar surface area (TPSA) is 50.9 Å². The number of rotatable bonds is 4. The SMILES string of the molecule is CCn1ncnc1CC(O)c1ccc(C)c(C)c1. The lowest BCUT2D eigenvalue weighted by molar-refractivity contribution is 0.174. The van der Waals surface area contributed by atoms with Crippen LogP contribution in [0.15, 0.2) is 24.5 Å². The molecule has 1 aromatic carbocycles. The van der Waals surface area contributed by atoms with Gasteiger partial charge in [0.1, 0.15) is 12.2 Å². The molecule has 0 spiro atoms. The largest absolute Gasteiger partial charge is 0.388 e. The first kappa shape index (κ1) is 12.8. The third-order valence-corrected chi connectivity index (χ3v) is 3.29. The van der Waals surface area contributed by atoms with Crippen molar-refractivity contribution in [3.8, 4) is 0 Å². The molecule has 0 aliphatic rings. The predicted molar refractivity (Wildman–Crippen MR) is 70.3 cm³/mol. The molecule has 4 nitrogen and oxygen atoms in total. The standard InChI is InChI=1S/C14H19N3O/c1-4-17-14(15-9-16-17)8-13(18)12-6-5-10(2)11(3)7-12/h5-7,9,13,18H,4,8H2,1-3H3. The van der Waals surface area contributed by atoms with Gasteiger partial charge in [-0.05, 0) is 37.5 Å². The lowest BCUT2D eigenvalue weighted by Gasteiger charge is -2.12. The van der Waals surface area contributed by atoms with Crippen molar-refractivity contribution in [3.05, 3.63) is 47.0 Å². The molecule has 0 fully saturated rings. The van der Waals surface area contributed by atoms with E-state index in [1.807, 2.05) is 29.8 Å². The summed E-state index contributed by atoms with van der Waals surface area (Å²) in [6.07, 6.45) is 1.50. The van der Waals surface area contributed by atoms with Gasteiger partial charge in [-0.25, -0.2) is 4.98 Å². The van der Waals surface area contributed by atoms with Gasteiger partial charge in [0, 0.05) is 13.0 Å². The van der Waals surface area contributed by atoms with Gasteiger partial charge in [-0.2, -0.15) is 5.10 Å². The summed E-state index contributed by atoms with van der Waals surface area (Å²) >= 11 is 0. The zero-order chi connectivity index (χ0) is 13.1. The Bertz CT molecular complexity index is 534. The van der Waals surface area contributed by atoms with Crippen LogP contribution in [0.2, 0.25) is 0 Å². The lowest BCUT2D eigenvalue weighted by Crippen LogP contribution is -2.09. The molecule has 0 radical (unpaired) electrons. The van der Waals surface area contributed by atoms with Crippen molar-refractivity contribution >= 4 is 0 Å². The Labute approximate surface area is 107 Å². The number of aryl methyl sites for hydroxylation is 3. The summed E-state index contributed by atoms with van der Waals surface area (Å²) in [6, 6.07) is 6.05. The Morgan fingerprint density at radius 2 is 2.06 bits per heavy atom. The smallest absolute Gasteiger partial charge is 0.138 e. The molecule has 2 rings (SSSR count). The van der Waals surface area contributed by atoms with E-state index < -0.39 is 6.10 Å². The van der Waals surface area contributed by atoms with Crippen molar-refractivity contribution < 1.29 is 5.11 Å². The van der Waals surface area contributed by atoms with Gasteiger partial charge >= 0.3 is 0 Å². The van der Waals surface area contributed by atoms with E-state index in [2.05, 4.69) is 23.9 Å². The van der Waals surface area contributed by atoms with Crippen molar-refractivity contribution in [3.63, 3.8) is 0 Å². The molecule has 0 bridgehead atoms. The number of hydrogen-bond donors (Lipinski definition) is 1. The quantitative estimate of drug-likeness (QED) is 0.898. The number of benzene rings is 1. The Kier molecular flexibility index (Phi) is 3.77. The van der Waals surface area contributed by atoms with Gasteiger partial charge in [0.25, 0.3) is 0 Å². The average Bonchev–Trinajstić information content (AvgIpc) is 2.79. The molecule has 18 heavy (non-hydrogen) atoms. The van der Waals surface area contributed by atoms with Crippen LogP contribution in [0, 0.1) is 13.8 Å². The number of hydrogen-bond acceptors (Lipinski definition) is 3. The monoisotopic (exact) mass is 245 g/mol. The third kappa shape index (κ3) is 2.59. The molecule has 1 atom stereocenters. The van der Waals surface area contributed by atoms with E-state index in [0.29, 0.717) is 6.42 Å². The lowest BCUT2D eigenvalue weighted by atomic mass is 10.0. The fourth-order valence-corrected chi connectivity index (χ4v) is 1.97. The van der Waals surface area contributed by atoms with Crippen LogP contribution in [0.1, 0.15) is 35.5 Å². The minimum absolute atomic E-state index is 0.496. The summed E-state index contributed by atoms with van der Waals surface area (Å²) in [5.74, 6) is 0.822. The minimum Gasteiger partial charge on any atom is -0.388 e. The first-order valence-electron chi connectivity index (χ1n) is 6.23. The molecule has 0 aliphatic carbocycles. The Morgan fingerprint density at radius 1 is 1.28 bits per heavy atom. The van der Waals surface area contributed by atoms with E-state index in [4.69, 9.17) is 0 Å². The van der Waals surface area contributed by atoms with E-state index >= 15 is 0 Å². The maximum absolute atomic E-state index is 10.2. The fourth-order valence-electron chi connectivity index (χ4n) is 1.97. The molecular formula is C14H19N3O. The normalized spacial score (nSPS) is 12.7. The second-order valence-electron chi connectivity index (χ2n) is 4.56. The predicted octanol–water partition coefficient (Wildman–Crippen LogP) is 2.19. The van der Waals surface area contributed by atoms with Gasteiger partial charge in [-0.15, -0.1) is 0 Å². The molecule has 0 saturated heterocycles. The van der Waals surface area contributed by atoms with Crippen LogP contribution in [0.3, 0.4) is 0 Å². The highest BCUT2D eigenvalue weighted by Crippen LogP contribution is 2.20. The maximum atomic E-state index is 10.2. The zero-order valence-electron chi connectivity index (χ0n) is 11.1. The molecule has 1 heterocycles. The fraction of sp³-hybridized carbons (Fsp3) is 0.429. The van der Waals surface area contributed by atoms with E-state index in [0.717, 1.165) is 17.9 Å². The average molecular weight is 245 g/mol. The van der Waals surface area contributed by atoms with Crippen LogP contribution < -0.4 is 0 Å². The van der Waals surface area contributed by atoms with Crippen LogP contribution in [0.4, 0.5) is 0 Å². The highest BCUT2D eigenvalue weighted by atomic mass is 16.3. The molecule has 1 aromatic heterocycles. The van der Waals surface area contributed by atoms with Crippen molar-refractivity contribution in [1.82, 2.24) is 14.8 Å². The van der Waals surface area contributed by atoms with Crippen LogP contribution in [0.25, 0.3) is 0 Å². The molecule has 96 valence electrons. The Hall–Kier alpha value is -1.68. The highest BCUT2D eigenvalue weighted by Gasteiger charge is 2.13. The van der Waals surface area contributed by atoms with Crippen molar-refractivity contribution in [1.29, 1.82) is 0 Å². The van der Waals surface area contributed by atoms with Crippen molar-refractivity contribution in [2.24, 2.45) is 0 Å². The van der Waals surface area contributed by atoms with E-state index in [1.54, 1.807) is 0 Å². The van der Waals surface area contributed by atoms with E-state index in [1.165, 1.54) is 17.5 Å². The van der Waals surface area contributed by atoms with Crippen molar-refractivity contribution in [2.45, 2.75) is 39.8 Å². The first-order chi connectivity index (χ1) is 8.61. The number of aliphatic hydroxyl groups excluding tert-OH is 1. The van der Waals surface area contributed by atoms with E-state index in [9.17, 15) is 5.11 Å². The zero-order valence-corrected chi connectivity index (χ0v) is 11.1. The second kappa shape index (κ2) is 5.31.